The lowest BCUT2D eigenvalue weighted by Gasteiger charge is -2.52. The van der Waals surface area contributed by atoms with E-state index >= 15 is 0 Å². The zero-order valence-corrected chi connectivity index (χ0v) is 25.9. The molecule has 3 aliphatic carbocycles. The lowest BCUT2D eigenvalue weighted by Crippen LogP contribution is -2.46. The molecule has 6 atom stereocenters. The lowest BCUT2D eigenvalue weighted by atomic mass is 9.52. The van der Waals surface area contributed by atoms with E-state index in [0.717, 1.165) is 18.6 Å². The number of hydrazone groups is 1. The maximum atomic E-state index is 6.28. The molecule has 0 bridgehead atoms. The Morgan fingerprint density at radius 1 is 1.02 bits per heavy atom. The zero-order chi connectivity index (χ0) is 28.6. The van der Waals surface area contributed by atoms with Gasteiger partial charge in [0.15, 0.2) is 5.79 Å². The summed E-state index contributed by atoms with van der Waals surface area (Å²) < 4.78 is 18.3. The van der Waals surface area contributed by atoms with Gasteiger partial charge in [-0.1, -0.05) is 63.1 Å². The minimum Gasteiger partial charge on any atom is -0.489 e. The highest BCUT2D eigenvalue weighted by Crippen LogP contribution is 2.63. The maximum Gasteiger partial charge on any atom is 0.165 e. The second kappa shape index (κ2) is 11.7. The van der Waals surface area contributed by atoms with E-state index < -0.39 is 5.79 Å². The fraction of sp³-hybridized carbons (Fsp3) is 0.639. The molecule has 2 aromatic rings. The number of ether oxygens (including phenoxy) is 3. The van der Waals surface area contributed by atoms with Crippen molar-refractivity contribution >= 4 is 5.71 Å². The summed E-state index contributed by atoms with van der Waals surface area (Å²) in [7, 11) is 4.18. The van der Waals surface area contributed by atoms with Crippen molar-refractivity contribution in [3.63, 3.8) is 0 Å². The molecule has 3 fully saturated rings. The highest BCUT2D eigenvalue weighted by molar-refractivity contribution is 5.94. The van der Waals surface area contributed by atoms with Crippen molar-refractivity contribution in [2.24, 2.45) is 34.2 Å². The molecular formula is C36H50N2O3. The Morgan fingerprint density at radius 2 is 1.80 bits per heavy atom. The average molecular weight is 559 g/mol. The van der Waals surface area contributed by atoms with E-state index in [1.54, 1.807) is 5.56 Å². The van der Waals surface area contributed by atoms with Crippen LogP contribution in [0.1, 0.15) is 88.3 Å². The molecule has 1 aliphatic heterocycles. The fourth-order valence-corrected chi connectivity index (χ4v) is 9.02. The van der Waals surface area contributed by atoms with Crippen LogP contribution in [-0.2, 0) is 22.5 Å². The monoisotopic (exact) mass is 558 g/mol. The van der Waals surface area contributed by atoms with Gasteiger partial charge in [0.2, 0.25) is 0 Å². The van der Waals surface area contributed by atoms with Gasteiger partial charge in [-0.2, -0.15) is 5.10 Å². The molecule has 5 heteroatoms. The second-order valence-electron chi connectivity index (χ2n) is 13.8. The van der Waals surface area contributed by atoms with Crippen LogP contribution in [0.5, 0.6) is 5.75 Å². The molecule has 0 aromatic heterocycles. The number of hydrogen-bond donors (Lipinski definition) is 0. The van der Waals surface area contributed by atoms with E-state index in [2.05, 4.69) is 83.4 Å². The van der Waals surface area contributed by atoms with E-state index in [9.17, 15) is 0 Å². The Labute approximate surface area is 247 Å². The highest BCUT2D eigenvalue weighted by Gasteiger charge is 2.58. The van der Waals surface area contributed by atoms with E-state index in [1.165, 1.54) is 55.4 Å². The summed E-state index contributed by atoms with van der Waals surface area (Å²) in [5, 5.41) is 7.29. The normalized spacial score (nSPS) is 32.8. The van der Waals surface area contributed by atoms with Crippen LogP contribution in [0, 0.1) is 29.1 Å². The first-order valence-corrected chi connectivity index (χ1v) is 16.1. The summed E-state index contributed by atoms with van der Waals surface area (Å²) in [5.74, 6) is 3.79. The lowest BCUT2D eigenvalue weighted by molar-refractivity contribution is -0.148. The standard InChI is InChI=1S/C36H50N2O3/c1-6-10-26-21-28-22-29(39-24-25-11-8-7-9-12-25)13-14-30(28)31-16-17-35(2)32(33(26)31)23-27(34(35)37-38(4)5)15-18-36(3)40-19-20-41-36/h7-9,11-14,22,26-27,31-33H,6,10,15-21,23-24H2,1-5H3/b37-34+/t26-,27-,31?,32?,33?,35+/m1/s1. The molecule has 2 saturated carbocycles. The van der Waals surface area contributed by atoms with Gasteiger partial charge in [-0.3, -0.25) is 0 Å². The summed E-state index contributed by atoms with van der Waals surface area (Å²) in [5.41, 5.74) is 5.94. The van der Waals surface area contributed by atoms with Crippen LogP contribution in [0.3, 0.4) is 0 Å². The van der Waals surface area contributed by atoms with Gasteiger partial charge in [0.05, 0.1) is 13.2 Å². The van der Waals surface area contributed by atoms with Crippen LogP contribution in [0.15, 0.2) is 53.6 Å². The van der Waals surface area contributed by atoms with Crippen molar-refractivity contribution in [2.45, 2.75) is 90.4 Å². The highest BCUT2D eigenvalue weighted by atomic mass is 16.7. The summed E-state index contributed by atoms with van der Waals surface area (Å²) in [6, 6.07) is 17.5. The zero-order valence-electron chi connectivity index (χ0n) is 25.9. The molecular weight excluding hydrogens is 508 g/mol. The summed E-state index contributed by atoms with van der Waals surface area (Å²) >= 11 is 0. The van der Waals surface area contributed by atoms with E-state index in [1.807, 2.05) is 5.01 Å². The number of nitrogens with zero attached hydrogens (tertiary/aromatic N) is 2. The molecule has 0 spiro atoms. The van der Waals surface area contributed by atoms with Crippen molar-refractivity contribution in [3.05, 3.63) is 65.2 Å². The Kier molecular flexibility index (Phi) is 8.22. The van der Waals surface area contributed by atoms with Gasteiger partial charge in [0.25, 0.3) is 0 Å². The molecule has 1 saturated heterocycles. The molecule has 2 aromatic carbocycles. The van der Waals surface area contributed by atoms with Crippen molar-refractivity contribution in [2.75, 3.05) is 27.3 Å². The van der Waals surface area contributed by atoms with E-state index in [0.29, 0.717) is 49.4 Å². The average Bonchev–Trinajstić information content (AvgIpc) is 3.52. The van der Waals surface area contributed by atoms with Gasteiger partial charge in [-0.05, 0) is 91.5 Å². The molecule has 3 unspecified atom stereocenters. The van der Waals surface area contributed by atoms with Crippen molar-refractivity contribution in [3.8, 4) is 5.75 Å². The molecule has 0 amide bonds. The first kappa shape index (κ1) is 28.7. The van der Waals surface area contributed by atoms with Crippen LogP contribution in [-0.4, -0.2) is 43.8 Å². The van der Waals surface area contributed by atoms with Crippen LogP contribution >= 0.6 is 0 Å². The predicted molar refractivity (Wildman–Crippen MR) is 165 cm³/mol. The van der Waals surface area contributed by atoms with Crippen LogP contribution in [0.2, 0.25) is 0 Å². The van der Waals surface area contributed by atoms with Gasteiger partial charge >= 0.3 is 0 Å². The van der Waals surface area contributed by atoms with Crippen LogP contribution in [0.25, 0.3) is 0 Å². The number of hydrogen-bond acceptors (Lipinski definition) is 5. The van der Waals surface area contributed by atoms with Gasteiger partial charge in [0.1, 0.15) is 12.4 Å². The number of rotatable bonds is 9. The fourth-order valence-electron chi connectivity index (χ4n) is 9.02. The number of fused-ring (bicyclic) bond motifs is 5. The topological polar surface area (TPSA) is 43.3 Å². The third kappa shape index (κ3) is 5.69. The first-order valence-electron chi connectivity index (χ1n) is 16.1. The smallest absolute Gasteiger partial charge is 0.165 e. The molecule has 0 N–H and O–H groups in total. The van der Waals surface area contributed by atoms with Gasteiger partial charge in [-0.15, -0.1) is 0 Å². The SMILES string of the molecule is CCC[C@@H]1Cc2cc(OCc3ccccc3)ccc2C2CC[C@]3(C)/C(=N/N(C)C)[C@H](CCC4(C)OCCO4)CC3C21. The molecule has 1 heterocycles. The summed E-state index contributed by atoms with van der Waals surface area (Å²) in [6.07, 6.45) is 9.45. The molecule has 5 nitrogen and oxygen atoms in total. The predicted octanol–water partition coefficient (Wildman–Crippen LogP) is 7.83. The largest absolute Gasteiger partial charge is 0.489 e. The molecule has 6 rings (SSSR count). The van der Waals surface area contributed by atoms with E-state index in [4.69, 9.17) is 19.3 Å². The van der Waals surface area contributed by atoms with Gasteiger partial charge in [-0.25, -0.2) is 0 Å². The molecule has 4 aliphatic rings. The van der Waals surface area contributed by atoms with Gasteiger partial charge < -0.3 is 19.2 Å². The number of benzene rings is 2. The minimum absolute atomic E-state index is 0.163. The van der Waals surface area contributed by atoms with Crippen molar-refractivity contribution in [1.82, 2.24) is 5.01 Å². The van der Waals surface area contributed by atoms with E-state index in [-0.39, 0.29) is 5.41 Å². The second-order valence-corrected chi connectivity index (χ2v) is 13.8. The Morgan fingerprint density at radius 3 is 2.54 bits per heavy atom. The third-order valence-electron chi connectivity index (χ3n) is 10.8. The molecule has 41 heavy (non-hydrogen) atoms. The molecule has 222 valence electrons. The van der Waals surface area contributed by atoms with Crippen molar-refractivity contribution in [1.29, 1.82) is 0 Å². The van der Waals surface area contributed by atoms with Crippen LogP contribution < -0.4 is 4.74 Å². The molecule has 0 radical (unpaired) electrons. The first-order chi connectivity index (χ1) is 19.8. The Hall–Kier alpha value is -2.37. The summed E-state index contributed by atoms with van der Waals surface area (Å²) in [6.45, 7) is 9.08. The third-order valence-corrected chi connectivity index (χ3v) is 10.8. The summed E-state index contributed by atoms with van der Waals surface area (Å²) in [4.78, 5) is 0. The van der Waals surface area contributed by atoms with Crippen molar-refractivity contribution < 1.29 is 14.2 Å². The van der Waals surface area contributed by atoms with Gasteiger partial charge in [0, 0.05) is 37.6 Å². The maximum absolute atomic E-state index is 6.28. The minimum atomic E-state index is -0.435. The Bertz CT molecular complexity index is 1220. The van der Waals surface area contributed by atoms with Crippen LogP contribution in [0.4, 0.5) is 0 Å². The Balaban J connectivity index is 1.27. The quantitative estimate of drug-likeness (QED) is 0.294.